The maximum atomic E-state index is 11.0. The van der Waals surface area contributed by atoms with Crippen molar-refractivity contribution in [3.8, 4) is 0 Å². The second-order valence-corrected chi connectivity index (χ2v) is 2.63. The highest BCUT2D eigenvalue weighted by Crippen LogP contribution is 2.16. The normalized spacial score (nSPS) is 15.2. The third-order valence-corrected chi connectivity index (χ3v) is 1.86. The van der Waals surface area contributed by atoms with E-state index in [1.165, 1.54) is 0 Å². The number of hydrogen-bond donors (Lipinski definition) is 1. The fourth-order valence-electron chi connectivity index (χ4n) is 1.29. The number of ether oxygens (including phenoxy) is 1. The lowest BCUT2D eigenvalue weighted by Gasteiger charge is -2.10. The first-order valence-electron chi connectivity index (χ1n) is 3.65. The van der Waals surface area contributed by atoms with E-state index in [9.17, 15) is 9.59 Å². The minimum atomic E-state index is -0.371. The van der Waals surface area contributed by atoms with E-state index in [4.69, 9.17) is 4.74 Å². The van der Waals surface area contributed by atoms with E-state index in [-0.39, 0.29) is 5.97 Å². The van der Waals surface area contributed by atoms with Gasteiger partial charge in [-0.25, -0.2) is 4.79 Å². The molecule has 0 atom stereocenters. The summed E-state index contributed by atoms with van der Waals surface area (Å²) in [6.07, 6.45) is 1.37. The summed E-state index contributed by atoms with van der Waals surface area (Å²) in [6.45, 7) is 0.405. The van der Waals surface area contributed by atoms with E-state index < -0.39 is 0 Å². The lowest BCUT2D eigenvalue weighted by Crippen LogP contribution is -2.16. The molecule has 12 heavy (non-hydrogen) atoms. The van der Waals surface area contributed by atoms with Crippen LogP contribution in [0.3, 0.4) is 0 Å². The molecular formula is C8H7NO3. The largest absolute Gasteiger partial charge is 0.461 e. The molecule has 62 valence electrons. The van der Waals surface area contributed by atoms with E-state index >= 15 is 0 Å². The summed E-state index contributed by atoms with van der Waals surface area (Å²) in [5.41, 5.74) is 1.72. The van der Waals surface area contributed by atoms with Crippen LogP contribution in [0.2, 0.25) is 0 Å². The van der Waals surface area contributed by atoms with Gasteiger partial charge in [-0.1, -0.05) is 0 Å². The van der Waals surface area contributed by atoms with Crippen molar-refractivity contribution in [2.24, 2.45) is 0 Å². The van der Waals surface area contributed by atoms with Gasteiger partial charge >= 0.3 is 5.97 Å². The van der Waals surface area contributed by atoms with Crippen LogP contribution in [-0.4, -0.2) is 23.8 Å². The molecule has 0 amide bonds. The summed E-state index contributed by atoms with van der Waals surface area (Å²) in [5.74, 6) is -0.371. The van der Waals surface area contributed by atoms with Gasteiger partial charge in [-0.05, 0) is 11.6 Å². The van der Waals surface area contributed by atoms with Crippen molar-refractivity contribution in [2.45, 2.75) is 6.42 Å². The fraction of sp³-hybridized carbons (Fsp3) is 0.250. The van der Waals surface area contributed by atoms with E-state index in [0.29, 0.717) is 30.7 Å². The van der Waals surface area contributed by atoms with Crippen LogP contribution in [0.15, 0.2) is 6.07 Å². The second kappa shape index (κ2) is 2.48. The van der Waals surface area contributed by atoms with Crippen LogP contribution in [0, 0.1) is 0 Å². The Morgan fingerprint density at radius 3 is 3.08 bits per heavy atom. The van der Waals surface area contributed by atoms with Gasteiger partial charge in [0.15, 0.2) is 6.29 Å². The number of H-pyrrole nitrogens is 1. The maximum absolute atomic E-state index is 11.0. The van der Waals surface area contributed by atoms with E-state index in [1.54, 1.807) is 6.07 Å². The number of carbonyl (C=O) groups excluding carboxylic acids is 2. The molecule has 1 aromatic heterocycles. The van der Waals surface area contributed by atoms with E-state index in [0.717, 1.165) is 5.56 Å². The maximum Gasteiger partial charge on any atom is 0.355 e. The van der Waals surface area contributed by atoms with Crippen LogP contribution in [0.1, 0.15) is 26.5 Å². The van der Waals surface area contributed by atoms with Gasteiger partial charge in [-0.2, -0.15) is 0 Å². The van der Waals surface area contributed by atoms with Gasteiger partial charge in [0, 0.05) is 6.42 Å². The number of cyclic esters (lactones) is 1. The SMILES string of the molecule is O=Cc1cc2c([nH]1)C(=O)OCC2. The molecule has 1 N–H and O–H groups in total. The van der Waals surface area contributed by atoms with Crippen molar-refractivity contribution in [3.63, 3.8) is 0 Å². The molecule has 4 heteroatoms. The molecule has 1 aromatic rings. The van der Waals surface area contributed by atoms with Crippen molar-refractivity contribution < 1.29 is 14.3 Å². The number of carbonyl (C=O) groups is 2. The zero-order chi connectivity index (χ0) is 8.55. The highest BCUT2D eigenvalue weighted by Gasteiger charge is 2.20. The molecule has 0 saturated heterocycles. The smallest absolute Gasteiger partial charge is 0.355 e. The topological polar surface area (TPSA) is 59.2 Å². The molecular weight excluding hydrogens is 158 g/mol. The molecule has 0 aromatic carbocycles. The Morgan fingerprint density at radius 1 is 1.58 bits per heavy atom. The summed E-state index contributed by atoms with van der Waals surface area (Å²) in [4.78, 5) is 24.1. The minimum Gasteiger partial charge on any atom is -0.461 e. The summed E-state index contributed by atoms with van der Waals surface area (Å²) < 4.78 is 4.78. The molecule has 1 aliphatic rings. The number of esters is 1. The zero-order valence-electron chi connectivity index (χ0n) is 6.29. The number of rotatable bonds is 1. The molecule has 0 spiro atoms. The van der Waals surface area contributed by atoms with Crippen LogP contribution >= 0.6 is 0 Å². The lowest BCUT2D eigenvalue weighted by atomic mass is 10.1. The highest BCUT2D eigenvalue weighted by molar-refractivity contribution is 5.91. The van der Waals surface area contributed by atoms with Gasteiger partial charge < -0.3 is 9.72 Å². The molecule has 0 aliphatic carbocycles. The Morgan fingerprint density at radius 2 is 2.42 bits per heavy atom. The highest BCUT2D eigenvalue weighted by atomic mass is 16.5. The number of aromatic nitrogens is 1. The van der Waals surface area contributed by atoms with Crippen LogP contribution < -0.4 is 0 Å². The van der Waals surface area contributed by atoms with Crippen molar-refractivity contribution in [1.29, 1.82) is 0 Å². The number of aromatic amines is 1. The molecule has 2 heterocycles. The summed E-state index contributed by atoms with van der Waals surface area (Å²) in [7, 11) is 0. The van der Waals surface area contributed by atoms with Crippen molar-refractivity contribution in [3.05, 3.63) is 23.0 Å². The summed E-state index contributed by atoms with van der Waals surface area (Å²) in [5, 5.41) is 0. The zero-order valence-corrected chi connectivity index (χ0v) is 6.29. The van der Waals surface area contributed by atoms with Gasteiger partial charge in [-0.15, -0.1) is 0 Å². The molecule has 0 radical (unpaired) electrons. The summed E-state index contributed by atoms with van der Waals surface area (Å²) in [6, 6.07) is 1.68. The van der Waals surface area contributed by atoms with Gasteiger partial charge in [0.25, 0.3) is 0 Å². The molecule has 4 nitrogen and oxygen atoms in total. The Bertz CT molecular complexity index is 340. The monoisotopic (exact) mass is 165 g/mol. The quantitative estimate of drug-likeness (QED) is 0.488. The number of fused-ring (bicyclic) bond motifs is 1. The Hall–Kier alpha value is -1.58. The minimum absolute atomic E-state index is 0.371. The number of hydrogen-bond acceptors (Lipinski definition) is 3. The van der Waals surface area contributed by atoms with Crippen LogP contribution in [0.25, 0.3) is 0 Å². The number of aldehydes is 1. The third-order valence-electron chi connectivity index (χ3n) is 1.86. The van der Waals surface area contributed by atoms with Crippen molar-refractivity contribution in [2.75, 3.05) is 6.61 Å². The first-order valence-corrected chi connectivity index (χ1v) is 3.65. The van der Waals surface area contributed by atoms with Crippen LogP contribution in [-0.2, 0) is 11.2 Å². The van der Waals surface area contributed by atoms with E-state index in [2.05, 4.69) is 4.98 Å². The first kappa shape index (κ1) is 7.09. The van der Waals surface area contributed by atoms with E-state index in [1.807, 2.05) is 0 Å². The molecule has 0 unspecified atom stereocenters. The average Bonchev–Trinajstić information content (AvgIpc) is 2.49. The van der Waals surface area contributed by atoms with Gasteiger partial charge in [0.05, 0.1) is 12.3 Å². The van der Waals surface area contributed by atoms with Crippen LogP contribution in [0.4, 0.5) is 0 Å². The number of nitrogens with one attached hydrogen (secondary N) is 1. The van der Waals surface area contributed by atoms with Crippen molar-refractivity contribution in [1.82, 2.24) is 4.98 Å². The summed E-state index contributed by atoms with van der Waals surface area (Å²) >= 11 is 0. The Labute approximate surface area is 68.5 Å². The Kier molecular flexibility index (Phi) is 1.46. The van der Waals surface area contributed by atoms with Crippen molar-refractivity contribution >= 4 is 12.3 Å². The van der Waals surface area contributed by atoms with Gasteiger partial charge in [-0.3, -0.25) is 4.79 Å². The average molecular weight is 165 g/mol. The lowest BCUT2D eigenvalue weighted by molar-refractivity contribution is 0.0474. The van der Waals surface area contributed by atoms with Gasteiger partial charge in [0.1, 0.15) is 5.69 Å². The molecule has 1 aliphatic heterocycles. The molecule has 0 bridgehead atoms. The molecule has 0 saturated carbocycles. The fourth-order valence-corrected chi connectivity index (χ4v) is 1.29. The Balaban J connectivity index is 2.50. The van der Waals surface area contributed by atoms with Gasteiger partial charge in [0.2, 0.25) is 0 Å². The molecule has 0 fully saturated rings. The predicted molar refractivity (Wildman–Crippen MR) is 40.2 cm³/mol. The molecule has 2 rings (SSSR count). The van der Waals surface area contributed by atoms with Crippen LogP contribution in [0.5, 0.6) is 0 Å². The second-order valence-electron chi connectivity index (χ2n) is 2.63. The standard InChI is InChI=1S/C8H7NO3/c10-4-6-3-5-1-2-12-8(11)7(5)9-6/h3-4,9H,1-2H2. The first-order chi connectivity index (χ1) is 5.81. The third kappa shape index (κ3) is 0.922. The predicted octanol–water partition coefficient (Wildman–Crippen LogP) is 0.540.